The van der Waals surface area contributed by atoms with Crippen molar-refractivity contribution in [2.24, 2.45) is 0 Å². The molecule has 0 aromatic heterocycles. The Hall–Kier alpha value is -1.84. The maximum absolute atomic E-state index is 12.7. The van der Waals surface area contributed by atoms with E-state index < -0.39 is 0 Å². The highest BCUT2D eigenvalue weighted by Gasteiger charge is 2.22. The third-order valence-corrected chi connectivity index (χ3v) is 4.63. The van der Waals surface area contributed by atoms with E-state index in [2.05, 4.69) is 10.2 Å². The van der Waals surface area contributed by atoms with Crippen LogP contribution >= 0.6 is 11.6 Å². The molecule has 0 spiro atoms. The fraction of sp³-hybridized carbons (Fsp3) is 0.350. The molecule has 0 aliphatic carbocycles. The first-order valence-electron chi connectivity index (χ1n) is 8.28. The Kier molecular flexibility index (Phi) is 6.83. The average molecular weight is 345 g/mol. The predicted molar refractivity (Wildman–Crippen MR) is 100 cm³/mol. The van der Waals surface area contributed by atoms with Gasteiger partial charge in [0, 0.05) is 11.6 Å². The fourth-order valence-corrected chi connectivity index (χ4v) is 3.16. The summed E-state index contributed by atoms with van der Waals surface area (Å²) in [5.74, 6) is -0.0668. The van der Waals surface area contributed by atoms with Crippen molar-refractivity contribution < 1.29 is 4.79 Å². The molecule has 1 N–H and O–H groups in total. The van der Waals surface area contributed by atoms with Crippen LogP contribution < -0.4 is 5.32 Å². The van der Waals surface area contributed by atoms with E-state index in [9.17, 15) is 4.79 Å². The molecule has 0 fully saturated rings. The van der Waals surface area contributed by atoms with Gasteiger partial charge in [-0.3, -0.25) is 4.79 Å². The largest absolute Gasteiger partial charge is 0.354 e. The second kappa shape index (κ2) is 8.86. The van der Waals surface area contributed by atoms with Crippen molar-refractivity contribution in [1.82, 2.24) is 10.2 Å². The molecule has 0 bridgehead atoms. The molecule has 2 unspecified atom stereocenters. The molecule has 0 aliphatic heterocycles. The summed E-state index contributed by atoms with van der Waals surface area (Å²) in [7, 11) is 3.99. The average Bonchev–Trinajstić information content (AvgIpc) is 2.58. The molecule has 0 heterocycles. The van der Waals surface area contributed by atoms with E-state index in [0.717, 1.165) is 22.6 Å². The number of rotatable bonds is 7. The van der Waals surface area contributed by atoms with Crippen molar-refractivity contribution in [2.75, 3.05) is 20.6 Å². The van der Waals surface area contributed by atoms with Gasteiger partial charge in [-0.2, -0.15) is 0 Å². The van der Waals surface area contributed by atoms with Gasteiger partial charge in [-0.1, -0.05) is 67.1 Å². The lowest BCUT2D eigenvalue weighted by Gasteiger charge is -2.27. The van der Waals surface area contributed by atoms with Crippen LogP contribution in [0.5, 0.6) is 0 Å². The third kappa shape index (κ3) is 4.59. The number of likely N-dealkylation sites (N-methyl/N-ethyl adjacent to an activating group) is 1. The minimum Gasteiger partial charge on any atom is -0.354 e. The van der Waals surface area contributed by atoms with Gasteiger partial charge in [0.25, 0.3) is 0 Å². The lowest BCUT2D eigenvalue weighted by Crippen LogP contribution is -2.37. The van der Waals surface area contributed by atoms with E-state index in [1.165, 1.54) is 0 Å². The zero-order valence-corrected chi connectivity index (χ0v) is 15.3. The van der Waals surface area contributed by atoms with Gasteiger partial charge in [-0.25, -0.2) is 0 Å². The van der Waals surface area contributed by atoms with Gasteiger partial charge in [0.05, 0.1) is 12.0 Å². The Labute approximate surface area is 149 Å². The van der Waals surface area contributed by atoms with Crippen molar-refractivity contribution in [1.29, 1.82) is 0 Å². The summed E-state index contributed by atoms with van der Waals surface area (Å²) in [6, 6.07) is 17.7. The summed E-state index contributed by atoms with van der Waals surface area (Å²) in [5.41, 5.74) is 2.08. The van der Waals surface area contributed by atoms with Crippen molar-refractivity contribution >= 4 is 17.5 Å². The summed E-state index contributed by atoms with van der Waals surface area (Å²) in [4.78, 5) is 14.7. The van der Waals surface area contributed by atoms with E-state index in [-0.39, 0.29) is 17.9 Å². The van der Waals surface area contributed by atoms with Gasteiger partial charge < -0.3 is 10.2 Å². The van der Waals surface area contributed by atoms with Crippen LogP contribution in [0, 0.1) is 0 Å². The summed E-state index contributed by atoms with van der Waals surface area (Å²) >= 11 is 6.32. The van der Waals surface area contributed by atoms with Crippen molar-refractivity contribution in [3.8, 4) is 0 Å². The standard InChI is InChI=1S/C20H25ClN2O/c1-4-16(15-10-6-5-7-11-15)20(24)22-14-19(23(2)3)17-12-8-9-13-18(17)21/h5-13,16,19H,4,14H2,1-3H3,(H,22,24). The highest BCUT2D eigenvalue weighted by Crippen LogP contribution is 2.26. The van der Waals surface area contributed by atoms with Crippen LogP contribution in [-0.4, -0.2) is 31.4 Å². The lowest BCUT2D eigenvalue weighted by atomic mass is 9.95. The fourth-order valence-electron chi connectivity index (χ4n) is 2.89. The molecule has 24 heavy (non-hydrogen) atoms. The van der Waals surface area contributed by atoms with Crippen molar-refractivity contribution in [3.63, 3.8) is 0 Å². The third-order valence-electron chi connectivity index (χ3n) is 4.28. The van der Waals surface area contributed by atoms with E-state index in [4.69, 9.17) is 11.6 Å². The van der Waals surface area contributed by atoms with Gasteiger partial charge in [-0.05, 0) is 37.7 Å². The van der Waals surface area contributed by atoms with E-state index in [1.807, 2.05) is 75.6 Å². The van der Waals surface area contributed by atoms with Crippen molar-refractivity contribution in [3.05, 3.63) is 70.7 Å². The Bertz CT molecular complexity index is 658. The van der Waals surface area contributed by atoms with Gasteiger partial charge in [-0.15, -0.1) is 0 Å². The molecule has 0 aliphatic rings. The molecule has 3 nitrogen and oxygen atoms in total. The highest BCUT2D eigenvalue weighted by molar-refractivity contribution is 6.31. The number of hydrogen-bond acceptors (Lipinski definition) is 2. The Balaban J connectivity index is 2.09. The normalized spacial score (nSPS) is 13.5. The van der Waals surface area contributed by atoms with E-state index in [0.29, 0.717) is 6.54 Å². The van der Waals surface area contributed by atoms with Crippen LogP contribution in [0.4, 0.5) is 0 Å². The van der Waals surface area contributed by atoms with E-state index in [1.54, 1.807) is 0 Å². The zero-order valence-electron chi connectivity index (χ0n) is 14.5. The lowest BCUT2D eigenvalue weighted by molar-refractivity contribution is -0.122. The molecule has 4 heteroatoms. The number of nitrogens with one attached hydrogen (secondary N) is 1. The number of carbonyl (C=O) groups excluding carboxylic acids is 1. The molecule has 2 rings (SSSR count). The smallest absolute Gasteiger partial charge is 0.227 e. The summed E-state index contributed by atoms with van der Waals surface area (Å²) in [6.45, 7) is 2.56. The zero-order chi connectivity index (χ0) is 17.5. The topological polar surface area (TPSA) is 32.3 Å². The number of nitrogens with zero attached hydrogens (tertiary/aromatic N) is 1. The van der Waals surface area contributed by atoms with Gasteiger partial charge in [0.15, 0.2) is 0 Å². The first-order chi connectivity index (χ1) is 11.5. The summed E-state index contributed by atoms with van der Waals surface area (Å²) in [6.07, 6.45) is 0.772. The Morgan fingerprint density at radius 2 is 1.71 bits per heavy atom. The van der Waals surface area contributed by atoms with Crippen LogP contribution in [-0.2, 0) is 4.79 Å². The highest BCUT2D eigenvalue weighted by atomic mass is 35.5. The second-order valence-corrected chi connectivity index (χ2v) is 6.52. The molecule has 2 aromatic carbocycles. The number of amides is 1. The first kappa shape index (κ1) is 18.5. The minimum atomic E-state index is -0.125. The number of benzene rings is 2. The van der Waals surface area contributed by atoms with Crippen molar-refractivity contribution in [2.45, 2.75) is 25.3 Å². The van der Waals surface area contributed by atoms with Gasteiger partial charge in [0.1, 0.15) is 0 Å². The Morgan fingerprint density at radius 1 is 1.08 bits per heavy atom. The molecule has 1 amide bonds. The molecular weight excluding hydrogens is 320 g/mol. The van der Waals surface area contributed by atoms with E-state index >= 15 is 0 Å². The molecule has 0 saturated heterocycles. The number of hydrogen-bond donors (Lipinski definition) is 1. The monoisotopic (exact) mass is 344 g/mol. The molecule has 0 saturated carbocycles. The van der Waals surface area contributed by atoms with Crippen LogP contribution in [0.1, 0.15) is 36.4 Å². The minimum absolute atomic E-state index is 0.0379. The van der Waals surface area contributed by atoms with Gasteiger partial charge >= 0.3 is 0 Å². The first-order valence-corrected chi connectivity index (χ1v) is 8.65. The maximum atomic E-state index is 12.7. The predicted octanol–water partition coefficient (Wildman–Crippen LogP) is 4.25. The van der Waals surface area contributed by atoms with Crippen LogP contribution in [0.2, 0.25) is 5.02 Å². The SMILES string of the molecule is CCC(C(=O)NCC(c1ccccc1Cl)N(C)C)c1ccccc1. The molecule has 2 aromatic rings. The molecule has 128 valence electrons. The molecular formula is C20H25ClN2O. The van der Waals surface area contributed by atoms with Gasteiger partial charge in [0.2, 0.25) is 5.91 Å². The maximum Gasteiger partial charge on any atom is 0.227 e. The number of halogens is 1. The Morgan fingerprint density at radius 3 is 2.29 bits per heavy atom. The van der Waals surface area contributed by atoms with Crippen LogP contribution in [0.15, 0.2) is 54.6 Å². The summed E-state index contributed by atoms with van der Waals surface area (Å²) in [5, 5.41) is 3.82. The molecule has 0 radical (unpaired) electrons. The van der Waals surface area contributed by atoms with Crippen LogP contribution in [0.3, 0.4) is 0 Å². The quantitative estimate of drug-likeness (QED) is 0.814. The molecule has 2 atom stereocenters. The van der Waals surface area contributed by atoms with Crippen LogP contribution in [0.25, 0.3) is 0 Å². The number of carbonyl (C=O) groups is 1. The summed E-state index contributed by atoms with van der Waals surface area (Å²) < 4.78 is 0. The second-order valence-electron chi connectivity index (χ2n) is 6.12.